The van der Waals surface area contributed by atoms with Crippen molar-refractivity contribution in [3.63, 3.8) is 0 Å². The summed E-state index contributed by atoms with van der Waals surface area (Å²) in [6.07, 6.45) is 1.86. The molecule has 3 rings (SSSR count). The number of likely N-dealkylation sites (N-methyl/N-ethyl adjacent to an activating group) is 2. The maximum atomic E-state index is 12.5. The van der Waals surface area contributed by atoms with Gasteiger partial charge in [-0.05, 0) is 65.2 Å². The number of hydrogen-bond acceptors (Lipinski definition) is 4. The van der Waals surface area contributed by atoms with Crippen molar-refractivity contribution in [2.45, 2.75) is 12.8 Å². The maximum absolute atomic E-state index is 12.5. The smallest absolute Gasteiger partial charge is 0.416 e. The Hall–Kier alpha value is -4.53. The molecule has 2 amide bonds. The van der Waals surface area contributed by atoms with Gasteiger partial charge in [0.15, 0.2) is 0 Å². The zero-order valence-electron chi connectivity index (χ0n) is 20.3. The third kappa shape index (κ3) is 10.7. The van der Waals surface area contributed by atoms with E-state index in [1.165, 1.54) is 24.3 Å². The molecule has 0 aromatic heterocycles. The van der Waals surface area contributed by atoms with Crippen molar-refractivity contribution in [3.8, 4) is 11.5 Å². The number of phenols is 1. The number of amides is 2. The van der Waals surface area contributed by atoms with Crippen molar-refractivity contribution < 1.29 is 32.6 Å². The van der Waals surface area contributed by atoms with Gasteiger partial charge in [0, 0.05) is 26.2 Å². The molecule has 0 unspecified atom stereocenters. The number of hydrogen-bond donors (Lipinski definition) is 3. The molecule has 0 atom stereocenters. The Balaban J connectivity index is 0.000000312. The Kier molecular flexibility index (Phi) is 11.0. The van der Waals surface area contributed by atoms with E-state index in [2.05, 4.69) is 10.6 Å². The third-order valence-electron chi connectivity index (χ3n) is 4.81. The number of carbonyl (C=O) groups is 2. The number of phenolic OH excluding ortho intramolecular Hbond substituents is 1. The number of alkyl halides is 3. The highest BCUT2D eigenvalue weighted by molar-refractivity contribution is 5.91. The minimum absolute atomic E-state index is 0.145. The van der Waals surface area contributed by atoms with Crippen molar-refractivity contribution in [2.24, 2.45) is 0 Å². The zero-order valence-corrected chi connectivity index (χ0v) is 20.3. The lowest BCUT2D eigenvalue weighted by molar-refractivity contribution is -0.137. The molecular weight excluding hydrogens is 485 g/mol. The van der Waals surface area contributed by atoms with Crippen LogP contribution in [-0.2, 0) is 22.4 Å². The molecule has 37 heavy (non-hydrogen) atoms. The zero-order chi connectivity index (χ0) is 27.3. The van der Waals surface area contributed by atoms with Crippen LogP contribution in [0.5, 0.6) is 11.5 Å². The molecule has 194 valence electrons. The molecule has 0 bridgehead atoms. The summed E-state index contributed by atoms with van der Waals surface area (Å²) >= 11 is 0. The Morgan fingerprint density at radius 3 is 1.68 bits per heavy atom. The fourth-order valence-electron chi connectivity index (χ4n) is 2.73. The highest BCUT2D eigenvalue weighted by Crippen LogP contribution is 2.29. The molecule has 0 saturated heterocycles. The highest BCUT2D eigenvalue weighted by atomic mass is 19.4. The van der Waals surface area contributed by atoms with Gasteiger partial charge in [-0.25, -0.2) is 0 Å². The Bertz CT molecular complexity index is 1200. The van der Waals surface area contributed by atoms with Crippen molar-refractivity contribution in [1.82, 2.24) is 10.6 Å². The molecule has 0 saturated carbocycles. The topological polar surface area (TPSA) is 87.7 Å². The molecule has 3 aromatic carbocycles. The van der Waals surface area contributed by atoms with Crippen LogP contribution in [0.4, 0.5) is 13.2 Å². The van der Waals surface area contributed by atoms with Crippen molar-refractivity contribution in [2.75, 3.05) is 14.1 Å². The van der Waals surface area contributed by atoms with Gasteiger partial charge in [0.05, 0.1) is 5.56 Å². The number of ether oxygens (including phenoxy) is 1. The van der Waals surface area contributed by atoms with Crippen LogP contribution in [0.3, 0.4) is 0 Å². The van der Waals surface area contributed by atoms with Crippen LogP contribution >= 0.6 is 0 Å². The number of nitrogens with one attached hydrogen (secondary N) is 2. The molecule has 0 aliphatic rings. The lowest BCUT2D eigenvalue weighted by Crippen LogP contribution is -2.13. The molecule has 3 aromatic rings. The van der Waals surface area contributed by atoms with E-state index in [-0.39, 0.29) is 24.2 Å². The summed E-state index contributed by atoms with van der Waals surface area (Å²) in [4.78, 5) is 21.9. The Morgan fingerprint density at radius 2 is 1.24 bits per heavy atom. The number of rotatable bonds is 7. The van der Waals surface area contributed by atoms with Crippen LogP contribution in [0, 0.1) is 0 Å². The van der Waals surface area contributed by atoms with Crippen LogP contribution in [0.1, 0.15) is 22.3 Å². The average Bonchev–Trinajstić information content (AvgIpc) is 2.90. The van der Waals surface area contributed by atoms with E-state index in [0.29, 0.717) is 11.3 Å². The molecule has 3 N–H and O–H groups in total. The molecule has 0 fully saturated rings. The molecule has 0 spiro atoms. The predicted molar refractivity (Wildman–Crippen MR) is 137 cm³/mol. The highest BCUT2D eigenvalue weighted by Gasteiger charge is 2.29. The van der Waals surface area contributed by atoms with E-state index >= 15 is 0 Å². The average molecular weight is 513 g/mol. The van der Waals surface area contributed by atoms with Gasteiger partial charge in [-0.2, -0.15) is 13.2 Å². The summed E-state index contributed by atoms with van der Waals surface area (Å²) in [5.74, 6) is 0.467. The van der Waals surface area contributed by atoms with Gasteiger partial charge in [0.25, 0.3) is 0 Å². The summed E-state index contributed by atoms with van der Waals surface area (Å²) in [7, 11) is 3.12. The predicted octanol–water partition coefficient (Wildman–Crippen LogP) is 5.20. The summed E-state index contributed by atoms with van der Waals surface area (Å²) in [5.41, 5.74) is 1.67. The van der Waals surface area contributed by atoms with Crippen molar-refractivity contribution >= 4 is 24.0 Å². The van der Waals surface area contributed by atoms with E-state index < -0.39 is 11.7 Å². The van der Waals surface area contributed by atoms with Crippen LogP contribution in [0.25, 0.3) is 12.2 Å². The first-order valence-corrected chi connectivity index (χ1v) is 11.1. The monoisotopic (exact) mass is 512 g/mol. The van der Waals surface area contributed by atoms with Crippen LogP contribution in [0.15, 0.2) is 84.9 Å². The van der Waals surface area contributed by atoms with E-state index in [1.54, 1.807) is 74.8 Å². The second kappa shape index (κ2) is 14.1. The van der Waals surface area contributed by atoms with E-state index in [4.69, 9.17) is 9.84 Å². The first-order chi connectivity index (χ1) is 17.6. The second-order valence-electron chi connectivity index (χ2n) is 7.54. The SMILES string of the molecule is CNC(=O)C=Cc1ccc(O)cc1.CNC(=O)C=Cc1ccc(OCc2ccc(C(F)(F)F)cc2)cc1. The maximum Gasteiger partial charge on any atom is 0.416 e. The van der Waals surface area contributed by atoms with Crippen LogP contribution in [-0.4, -0.2) is 31.0 Å². The minimum atomic E-state index is -4.34. The first-order valence-electron chi connectivity index (χ1n) is 11.1. The Labute approximate surface area is 213 Å². The van der Waals surface area contributed by atoms with E-state index in [1.807, 2.05) is 0 Å². The second-order valence-corrected chi connectivity index (χ2v) is 7.54. The standard InChI is InChI=1S/C18H16F3NO2.C10H11NO2/c1-22-17(23)11-6-13-4-9-16(10-5-13)24-12-14-2-7-15(8-3-14)18(19,20)21;1-11-10(13)7-4-8-2-5-9(12)6-3-8/h2-11H,12H2,1H3,(H,22,23);2-7,12H,1H3,(H,11,13). The van der Waals surface area contributed by atoms with Gasteiger partial charge < -0.3 is 20.5 Å². The first kappa shape index (κ1) is 28.7. The normalized spacial score (nSPS) is 11.1. The molecular formula is C28H27F3N2O4. The van der Waals surface area contributed by atoms with Gasteiger partial charge in [-0.3, -0.25) is 9.59 Å². The summed E-state index contributed by atoms with van der Waals surface area (Å²) in [6.45, 7) is 0.172. The summed E-state index contributed by atoms with van der Waals surface area (Å²) < 4.78 is 43.0. The number of halogens is 3. The quantitative estimate of drug-likeness (QED) is 0.380. The van der Waals surface area contributed by atoms with Gasteiger partial charge in [-0.1, -0.05) is 36.4 Å². The van der Waals surface area contributed by atoms with E-state index in [9.17, 15) is 22.8 Å². The molecule has 0 radical (unpaired) electrons. The fraction of sp³-hybridized carbons (Fsp3) is 0.143. The molecule has 6 nitrogen and oxygen atoms in total. The molecule has 9 heteroatoms. The van der Waals surface area contributed by atoms with Crippen molar-refractivity contribution in [1.29, 1.82) is 0 Å². The van der Waals surface area contributed by atoms with E-state index in [0.717, 1.165) is 23.3 Å². The van der Waals surface area contributed by atoms with Gasteiger partial charge in [0.1, 0.15) is 18.1 Å². The third-order valence-corrected chi connectivity index (χ3v) is 4.81. The van der Waals surface area contributed by atoms with Crippen molar-refractivity contribution in [3.05, 3.63) is 107 Å². The lowest BCUT2D eigenvalue weighted by Gasteiger charge is -2.09. The largest absolute Gasteiger partial charge is 0.508 e. The Morgan fingerprint density at radius 1 is 0.784 bits per heavy atom. The number of carbonyl (C=O) groups excluding carboxylic acids is 2. The summed E-state index contributed by atoms with van der Waals surface area (Å²) in [6, 6.07) is 18.5. The lowest BCUT2D eigenvalue weighted by atomic mass is 10.1. The molecule has 0 heterocycles. The van der Waals surface area contributed by atoms with Crippen LogP contribution < -0.4 is 15.4 Å². The molecule has 0 aliphatic carbocycles. The van der Waals surface area contributed by atoms with Gasteiger partial charge in [-0.15, -0.1) is 0 Å². The summed E-state index contributed by atoms with van der Waals surface area (Å²) in [5, 5.41) is 13.9. The van der Waals surface area contributed by atoms with Gasteiger partial charge >= 0.3 is 6.18 Å². The van der Waals surface area contributed by atoms with Gasteiger partial charge in [0.2, 0.25) is 11.8 Å². The van der Waals surface area contributed by atoms with Crippen LogP contribution in [0.2, 0.25) is 0 Å². The number of benzene rings is 3. The fourth-order valence-corrected chi connectivity index (χ4v) is 2.73. The minimum Gasteiger partial charge on any atom is -0.508 e. The number of aromatic hydroxyl groups is 1. The molecule has 0 aliphatic heterocycles.